The first-order valence-corrected chi connectivity index (χ1v) is 8.33. The highest BCUT2D eigenvalue weighted by atomic mass is 35.5. The summed E-state index contributed by atoms with van der Waals surface area (Å²) in [6, 6.07) is 11.1. The van der Waals surface area contributed by atoms with Crippen molar-refractivity contribution in [3.8, 4) is 0 Å². The van der Waals surface area contributed by atoms with Crippen LogP contribution in [0.5, 0.6) is 0 Å². The molecule has 1 aliphatic carbocycles. The van der Waals surface area contributed by atoms with Crippen molar-refractivity contribution in [2.75, 3.05) is 6.54 Å². The van der Waals surface area contributed by atoms with E-state index in [9.17, 15) is 9.59 Å². The molecule has 6 heteroatoms. The van der Waals surface area contributed by atoms with E-state index in [0.29, 0.717) is 36.7 Å². The minimum atomic E-state index is -0.230. The number of amides is 2. The van der Waals surface area contributed by atoms with E-state index in [4.69, 9.17) is 16.0 Å². The maximum atomic E-state index is 12.1. The van der Waals surface area contributed by atoms with Crippen molar-refractivity contribution >= 4 is 23.4 Å². The first-order valence-electron chi connectivity index (χ1n) is 7.96. The van der Waals surface area contributed by atoms with Gasteiger partial charge in [-0.05, 0) is 42.7 Å². The van der Waals surface area contributed by atoms with Crippen LogP contribution in [0.4, 0.5) is 0 Å². The fourth-order valence-electron chi connectivity index (χ4n) is 2.65. The lowest BCUT2D eigenvalue weighted by molar-refractivity contribution is -0.127. The van der Waals surface area contributed by atoms with Crippen molar-refractivity contribution < 1.29 is 14.0 Å². The van der Waals surface area contributed by atoms with Gasteiger partial charge in [0.2, 0.25) is 11.8 Å². The van der Waals surface area contributed by atoms with E-state index < -0.39 is 0 Å². The molecule has 2 N–H and O–H groups in total. The van der Waals surface area contributed by atoms with Crippen LogP contribution in [0.2, 0.25) is 5.02 Å². The van der Waals surface area contributed by atoms with Crippen molar-refractivity contribution in [1.82, 2.24) is 10.6 Å². The van der Waals surface area contributed by atoms with Gasteiger partial charge in [-0.25, -0.2) is 0 Å². The number of halogens is 1. The van der Waals surface area contributed by atoms with Crippen LogP contribution in [0.1, 0.15) is 17.7 Å². The first-order chi connectivity index (χ1) is 11.6. The second-order valence-electron chi connectivity index (χ2n) is 5.92. The van der Waals surface area contributed by atoms with Crippen molar-refractivity contribution in [3.63, 3.8) is 0 Å². The summed E-state index contributed by atoms with van der Waals surface area (Å²) in [4.78, 5) is 24.1. The highest BCUT2D eigenvalue weighted by Crippen LogP contribution is 2.38. The van der Waals surface area contributed by atoms with Crippen molar-refractivity contribution in [2.24, 2.45) is 11.8 Å². The maximum Gasteiger partial charge on any atom is 0.224 e. The Labute approximate surface area is 145 Å². The van der Waals surface area contributed by atoms with Gasteiger partial charge in [-0.1, -0.05) is 23.7 Å². The predicted octanol–water partition coefficient (Wildman–Crippen LogP) is 2.54. The summed E-state index contributed by atoms with van der Waals surface area (Å²) >= 11 is 5.93. The highest BCUT2D eigenvalue weighted by molar-refractivity contribution is 6.30. The Hall–Kier alpha value is -2.27. The van der Waals surface area contributed by atoms with Crippen molar-refractivity contribution in [2.45, 2.75) is 19.4 Å². The molecular weight excluding hydrogens is 328 g/mol. The quantitative estimate of drug-likeness (QED) is 0.809. The second-order valence-corrected chi connectivity index (χ2v) is 6.35. The van der Waals surface area contributed by atoms with Crippen LogP contribution < -0.4 is 10.6 Å². The van der Waals surface area contributed by atoms with E-state index in [1.807, 2.05) is 24.3 Å². The SMILES string of the molecule is O=C(NCCc1cccc(Cl)c1)C1CC1C(=O)NCc1ccco1. The number of nitrogens with one attached hydrogen (secondary N) is 2. The Kier molecular flexibility index (Phi) is 5.20. The van der Waals surface area contributed by atoms with Gasteiger partial charge in [0.25, 0.3) is 0 Å². The van der Waals surface area contributed by atoms with E-state index in [1.54, 1.807) is 18.4 Å². The van der Waals surface area contributed by atoms with Gasteiger partial charge in [0, 0.05) is 11.6 Å². The molecule has 0 bridgehead atoms. The zero-order valence-corrected chi connectivity index (χ0v) is 13.9. The van der Waals surface area contributed by atoms with Crippen LogP contribution in [0.15, 0.2) is 47.1 Å². The smallest absolute Gasteiger partial charge is 0.224 e. The van der Waals surface area contributed by atoms with E-state index in [1.165, 1.54) is 0 Å². The normalized spacial score (nSPS) is 18.9. The maximum absolute atomic E-state index is 12.1. The molecule has 1 aromatic carbocycles. The van der Waals surface area contributed by atoms with Crippen LogP contribution in [-0.4, -0.2) is 18.4 Å². The molecule has 1 aliphatic rings. The summed E-state index contributed by atoms with van der Waals surface area (Å²) in [5.74, 6) is 0.0928. The highest BCUT2D eigenvalue weighted by Gasteiger charge is 2.47. The molecule has 24 heavy (non-hydrogen) atoms. The topological polar surface area (TPSA) is 71.3 Å². The molecule has 0 saturated heterocycles. The van der Waals surface area contributed by atoms with Gasteiger partial charge in [0.1, 0.15) is 5.76 Å². The summed E-state index contributed by atoms with van der Waals surface area (Å²) < 4.78 is 5.16. The summed E-state index contributed by atoms with van der Waals surface area (Å²) in [6.45, 7) is 0.891. The molecule has 0 spiro atoms. The summed E-state index contributed by atoms with van der Waals surface area (Å²) in [5.41, 5.74) is 1.08. The second kappa shape index (κ2) is 7.53. The Morgan fingerprint density at radius 2 is 1.92 bits per heavy atom. The fraction of sp³-hybridized carbons (Fsp3) is 0.333. The van der Waals surface area contributed by atoms with Crippen LogP contribution in [0, 0.1) is 11.8 Å². The third-order valence-corrected chi connectivity index (χ3v) is 4.32. The molecule has 2 atom stereocenters. The van der Waals surface area contributed by atoms with E-state index in [-0.39, 0.29) is 23.7 Å². The Bertz CT molecular complexity index is 715. The molecule has 1 aromatic heterocycles. The van der Waals surface area contributed by atoms with Gasteiger partial charge in [-0.15, -0.1) is 0 Å². The zero-order chi connectivity index (χ0) is 16.9. The third kappa shape index (κ3) is 4.38. The average Bonchev–Trinajstić information content (AvgIpc) is 3.20. The van der Waals surface area contributed by atoms with Gasteiger partial charge >= 0.3 is 0 Å². The van der Waals surface area contributed by atoms with Gasteiger partial charge in [-0.3, -0.25) is 9.59 Å². The van der Waals surface area contributed by atoms with Crippen molar-refractivity contribution in [3.05, 3.63) is 59.0 Å². The summed E-state index contributed by atoms with van der Waals surface area (Å²) in [6.07, 6.45) is 2.89. The molecule has 2 amide bonds. The number of carbonyl (C=O) groups excluding carboxylic acids is 2. The van der Waals surface area contributed by atoms with Crippen LogP contribution in [0.25, 0.3) is 0 Å². The zero-order valence-electron chi connectivity index (χ0n) is 13.1. The number of carbonyl (C=O) groups is 2. The Balaban J connectivity index is 1.37. The lowest BCUT2D eigenvalue weighted by Crippen LogP contribution is -2.31. The monoisotopic (exact) mass is 346 g/mol. The van der Waals surface area contributed by atoms with Crippen LogP contribution >= 0.6 is 11.6 Å². The van der Waals surface area contributed by atoms with Crippen LogP contribution in [-0.2, 0) is 22.6 Å². The lowest BCUT2D eigenvalue weighted by atomic mass is 10.1. The molecule has 0 radical (unpaired) electrons. The predicted molar refractivity (Wildman–Crippen MR) is 90.3 cm³/mol. The van der Waals surface area contributed by atoms with Crippen molar-refractivity contribution in [1.29, 1.82) is 0 Å². The van der Waals surface area contributed by atoms with E-state index in [0.717, 1.165) is 5.56 Å². The summed E-state index contributed by atoms with van der Waals surface area (Å²) in [7, 11) is 0. The molecule has 126 valence electrons. The molecule has 2 aromatic rings. The van der Waals surface area contributed by atoms with Gasteiger partial charge in [-0.2, -0.15) is 0 Å². The average molecular weight is 347 g/mol. The molecule has 1 saturated carbocycles. The Morgan fingerprint density at radius 1 is 1.12 bits per heavy atom. The largest absolute Gasteiger partial charge is 0.467 e. The van der Waals surface area contributed by atoms with E-state index >= 15 is 0 Å². The van der Waals surface area contributed by atoms with Gasteiger partial charge in [0.15, 0.2) is 0 Å². The number of hydrogen-bond donors (Lipinski definition) is 2. The standard InChI is InChI=1S/C18H19ClN2O3/c19-13-4-1-3-12(9-13)6-7-20-17(22)15-10-16(15)18(23)21-11-14-5-2-8-24-14/h1-5,8-9,15-16H,6-7,10-11H2,(H,20,22)(H,21,23). The minimum Gasteiger partial charge on any atom is -0.467 e. The molecule has 0 aliphatic heterocycles. The molecule has 1 fully saturated rings. The lowest BCUT2D eigenvalue weighted by Gasteiger charge is -2.06. The van der Waals surface area contributed by atoms with Crippen LogP contribution in [0.3, 0.4) is 0 Å². The summed E-state index contributed by atoms with van der Waals surface area (Å²) in [5, 5.41) is 6.37. The molecule has 5 nitrogen and oxygen atoms in total. The minimum absolute atomic E-state index is 0.0600. The molecule has 2 unspecified atom stereocenters. The number of benzene rings is 1. The Morgan fingerprint density at radius 3 is 2.62 bits per heavy atom. The third-order valence-electron chi connectivity index (χ3n) is 4.08. The van der Waals surface area contributed by atoms with Gasteiger partial charge in [0.05, 0.1) is 24.6 Å². The number of rotatable bonds is 7. The number of hydrogen-bond acceptors (Lipinski definition) is 3. The number of furan rings is 1. The van der Waals surface area contributed by atoms with E-state index in [2.05, 4.69) is 10.6 Å². The fourth-order valence-corrected chi connectivity index (χ4v) is 2.86. The van der Waals surface area contributed by atoms with Gasteiger partial charge < -0.3 is 15.1 Å². The molecule has 3 rings (SSSR count). The molecule has 1 heterocycles. The first kappa shape index (κ1) is 16.6. The molecular formula is C18H19ClN2O3.